The fourth-order valence-electron chi connectivity index (χ4n) is 1.48. The Bertz CT molecular complexity index is 473. The third-order valence-corrected chi connectivity index (χ3v) is 3.95. The first-order valence-corrected chi connectivity index (χ1v) is 7.36. The molecule has 18 heavy (non-hydrogen) atoms. The van der Waals surface area contributed by atoms with Crippen molar-refractivity contribution in [3.8, 4) is 5.75 Å². The molecule has 0 fully saturated rings. The Morgan fingerprint density at radius 1 is 1.44 bits per heavy atom. The first-order valence-electron chi connectivity index (χ1n) is 5.70. The Morgan fingerprint density at radius 3 is 2.78 bits per heavy atom. The molecule has 6 heteroatoms. The first-order chi connectivity index (χ1) is 8.46. The van der Waals surface area contributed by atoms with Crippen molar-refractivity contribution in [2.75, 3.05) is 19.5 Å². The Labute approximate surface area is 108 Å². The fourth-order valence-corrected chi connectivity index (χ4v) is 2.79. The quantitative estimate of drug-likeness (QED) is 0.760. The molecule has 0 heterocycles. The van der Waals surface area contributed by atoms with E-state index in [2.05, 4.69) is 4.72 Å². The maximum atomic E-state index is 11.7. The van der Waals surface area contributed by atoms with Crippen LogP contribution in [0.15, 0.2) is 24.3 Å². The van der Waals surface area contributed by atoms with E-state index in [-0.39, 0.29) is 12.4 Å². The minimum absolute atomic E-state index is 0.00942. The Hall–Kier alpha value is -1.11. The van der Waals surface area contributed by atoms with Crippen LogP contribution in [0.2, 0.25) is 0 Å². The van der Waals surface area contributed by atoms with Crippen LogP contribution in [0.3, 0.4) is 0 Å². The number of nitrogens with one attached hydrogen (secondary N) is 1. The minimum Gasteiger partial charge on any atom is -0.497 e. The zero-order chi connectivity index (χ0) is 13.6. The average Bonchev–Trinajstić information content (AvgIpc) is 2.36. The summed E-state index contributed by atoms with van der Waals surface area (Å²) in [4.78, 5) is 0. The average molecular weight is 273 g/mol. The van der Waals surface area contributed by atoms with Gasteiger partial charge in [-0.25, -0.2) is 13.1 Å². The molecular weight excluding hydrogens is 254 g/mol. The fraction of sp³-hybridized carbons (Fsp3) is 0.500. The third-order valence-electron chi connectivity index (χ3n) is 2.45. The van der Waals surface area contributed by atoms with Crippen LogP contribution in [0.4, 0.5) is 0 Å². The SMILES string of the molecule is COc1cccc(CCS(=O)(=O)NC(C)CO)c1. The number of hydrogen-bond donors (Lipinski definition) is 2. The van der Waals surface area contributed by atoms with Crippen molar-refractivity contribution in [1.29, 1.82) is 0 Å². The molecule has 1 unspecified atom stereocenters. The zero-order valence-corrected chi connectivity index (χ0v) is 11.4. The van der Waals surface area contributed by atoms with Gasteiger partial charge in [0.05, 0.1) is 19.5 Å². The lowest BCUT2D eigenvalue weighted by Crippen LogP contribution is -2.37. The Balaban J connectivity index is 2.58. The van der Waals surface area contributed by atoms with Gasteiger partial charge in [0.2, 0.25) is 10.0 Å². The summed E-state index contributed by atoms with van der Waals surface area (Å²) < 4.78 is 30.8. The molecule has 1 aromatic rings. The Morgan fingerprint density at radius 2 is 2.17 bits per heavy atom. The Kier molecular flexibility index (Phi) is 5.58. The third kappa shape index (κ3) is 5.03. The molecule has 1 rings (SSSR count). The molecule has 1 atom stereocenters. The van der Waals surface area contributed by atoms with Crippen molar-refractivity contribution in [2.24, 2.45) is 0 Å². The minimum atomic E-state index is -3.36. The highest BCUT2D eigenvalue weighted by Gasteiger charge is 2.13. The van der Waals surface area contributed by atoms with E-state index in [1.165, 1.54) is 0 Å². The number of benzene rings is 1. The number of rotatable bonds is 7. The zero-order valence-electron chi connectivity index (χ0n) is 10.6. The largest absolute Gasteiger partial charge is 0.497 e. The molecule has 1 aromatic carbocycles. The van der Waals surface area contributed by atoms with Gasteiger partial charge in [0, 0.05) is 6.04 Å². The van der Waals surface area contributed by atoms with Crippen molar-refractivity contribution in [3.05, 3.63) is 29.8 Å². The van der Waals surface area contributed by atoms with Gasteiger partial charge >= 0.3 is 0 Å². The molecule has 0 saturated carbocycles. The van der Waals surface area contributed by atoms with Crippen LogP contribution in [0.1, 0.15) is 12.5 Å². The molecule has 0 saturated heterocycles. The predicted octanol–water partition coefficient (Wildman–Crippen LogP) is 0.538. The van der Waals surface area contributed by atoms with E-state index in [1.807, 2.05) is 24.3 Å². The summed E-state index contributed by atoms with van der Waals surface area (Å²) in [5.41, 5.74) is 0.899. The van der Waals surface area contributed by atoms with Crippen LogP contribution >= 0.6 is 0 Å². The molecule has 0 radical (unpaired) electrons. The lowest BCUT2D eigenvalue weighted by Gasteiger charge is -2.11. The van der Waals surface area contributed by atoms with E-state index >= 15 is 0 Å². The van der Waals surface area contributed by atoms with Crippen LogP contribution in [-0.2, 0) is 16.4 Å². The monoisotopic (exact) mass is 273 g/mol. The maximum absolute atomic E-state index is 11.7. The van der Waals surface area contributed by atoms with Gasteiger partial charge in [-0.05, 0) is 31.0 Å². The molecule has 0 spiro atoms. The maximum Gasteiger partial charge on any atom is 0.212 e. The molecular formula is C12H19NO4S. The van der Waals surface area contributed by atoms with Gasteiger partial charge in [-0.1, -0.05) is 12.1 Å². The standard InChI is InChI=1S/C12H19NO4S/c1-10(9-14)13-18(15,16)7-6-11-4-3-5-12(8-11)17-2/h3-5,8,10,13-14H,6-7,9H2,1-2H3. The van der Waals surface area contributed by atoms with E-state index < -0.39 is 16.1 Å². The number of methoxy groups -OCH3 is 1. The number of aliphatic hydroxyl groups is 1. The lowest BCUT2D eigenvalue weighted by molar-refractivity contribution is 0.265. The molecule has 0 aromatic heterocycles. The van der Waals surface area contributed by atoms with Gasteiger partial charge in [-0.2, -0.15) is 0 Å². The highest BCUT2D eigenvalue weighted by molar-refractivity contribution is 7.89. The van der Waals surface area contributed by atoms with Crippen molar-refractivity contribution < 1.29 is 18.3 Å². The van der Waals surface area contributed by atoms with Gasteiger partial charge in [-0.3, -0.25) is 0 Å². The number of hydrogen-bond acceptors (Lipinski definition) is 4. The van der Waals surface area contributed by atoms with Crippen molar-refractivity contribution in [1.82, 2.24) is 4.72 Å². The van der Waals surface area contributed by atoms with Gasteiger partial charge in [-0.15, -0.1) is 0 Å². The molecule has 5 nitrogen and oxygen atoms in total. The number of aliphatic hydroxyl groups excluding tert-OH is 1. The van der Waals surface area contributed by atoms with E-state index in [9.17, 15) is 8.42 Å². The lowest BCUT2D eigenvalue weighted by atomic mass is 10.2. The molecule has 0 aliphatic carbocycles. The second-order valence-electron chi connectivity index (χ2n) is 4.12. The summed E-state index contributed by atoms with van der Waals surface area (Å²) in [6.45, 7) is 1.40. The van der Waals surface area contributed by atoms with Crippen molar-refractivity contribution in [2.45, 2.75) is 19.4 Å². The summed E-state index contributed by atoms with van der Waals surface area (Å²) >= 11 is 0. The summed E-state index contributed by atoms with van der Waals surface area (Å²) in [6.07, 6.45) is 0.407. The van der Waals surface area contributed by atoms with Crippen LogP contribution in [-0.4, -0.2) is 39.0 Å². The molecule has 0 aliphatic heterocycles. The topological polar surface area (TPSA) is 75.6 Å². The normalized spacial score (nSPS) is 13.3. The number of ether oxygens (including phenoxy) is 1. The summed E-state index contributed by atoms with van der Waals surface area (Å²) in [5.74, 6) is 0.700. The molecule has 0 amide bonds. The van der Waals surface area contributed by atoms with E-state index in [0.29, 0.717) is 12.2 Å². The second kappa shape index (κ2) is 6.72. The molecule has 2 N–H and O–H groups in total. The van der Waals surface area contributed by atoms with E-state index in [4.69, 9.17) is 9.84 Å². The molecule has 0 bridgehead atoms. The number of aryl methyl sites for hydroxylation is 1. The molecule has 0 aliphatic rings. The van der Waals surface area contributed by atoms with Gasteiger partial charge in [0.25, 0.3) is 0 Å². The number of sulfonamides is 1. The smallest absolute Gasteiger partial charge is 0.212 e. The summed E-state index contributed by atoms with van der Waals surface area (Å²) in [6, 6.07) is 6.84. The van der Waals surface area contributed by atoms with Crippen LogP contribution in [0.25, 0.3) is 0 Å². The van der Waals surface area contributed by atoms with Crippen molar-refractivity contribution >= 4 is 10.0 Å². The highest BCUT2D eigenvalue weighted by Crippen LogP contribution is 2.13. The van der Waals surface area contributed by atoms with Crippen LogP contribution in [0.5, 0.6) is 5.75 Å². The van der Waals surface area contributed by atoms with Gasteiger partial charge < -0.3 is 9.84 Å². The second-order valence-corrected chi connectivity index (χ2v) is 6.00. The van der Waals surface area contributed by atoms with E-state index in [1.54, 1.807) is 14.0 Å². The predicted molar refractivity (Wildman–Crippen MR) is 70.2 cm³/mol. The van der Waals surface area contributed by atoms with Gasteiger partial charge in [0.1, 0.15) is 5.75 Å². The van der Waals surface area contributed by atoms with Crippen LogP contribution < -0.4 is 9.46 Å². The highest BCUT2D eigenvalue weighted by atomic mass is 32.2. The van der Waals surface area contributed by atoms with E-state index in [0.717, 1.165) is 5.56 Å². The summed E-state index contributed by atoms with van der Waals surface area (Å²) in [5, 5.41) is 8.81. The summed E-state index contributed by atoms with van der Waals surface area (Å²) in [7, 11) is -1.79. The van der Waals surface area contributed by atoms with Crippen LogP contribution in [0, 0.1) is 0 Å². The van der Waals surface area contributed by atoms with Gasteiger partial charge in [0.15, 0.2) is 0 Å². The molecule has 102 valence electrons. The first kappa shape index (κ1) is 14.9. The van der Waals surface area contributed by atoms with Crippen molar-refractivity contribution in [3.63, 3.8) is 0 Å².